The van der Waals surface area contributed by atoms with Crippen LogP contribution in [0.1, 0.15) is 25.0 Å². The quantitative estimate of drug-likeness (QED) is 0.126. The molecule has 0 N–H and O–H groups in total. The van der Waals surface area contributed by atoms with Crippen LogP contribution < -0.4 is 20.2 Å². The number of anilines is 6. The normalized spacial score (nSPS) is 14.1. The molecule has 0 spiro atoms. The van der Waals surface area contributed by atoms with Crippen molar-refractivity contribution in [2.75, 3.05) is 9.80 Å². The Bertz CT molecular complexity index is 3710. The lowest BCUT2D eigenvalue weighted by Gasteiger charge is -2.45. The summed E-state index contributed by atoms with van der Waals surface area (Å²) in [6, 6.07) is 71.9. The van der Waals surface area contributed by atoms with E-state index >= 15 is 0 Å². The Kier molecular flexibility index (Phi) is 8.29. The Balaban J connectivity index is 1.04. The van der Waals surface area contributed by atoms with Crippen LogP contribution in [0.25, 0.3) is 65.0 Å². The molecule has 306 valence electrons. The van der Waals surface area contributed by atoms with E-state index < -0.39 is 8.07 Å². The number of benzene rings is 11. The average molecular weight is 855 g/mol. The van der Waals surface area contributed by atoms with Gasteiger partial charge in [0, 0.05) is 31.9 Å². The fourth-order valence-corrected chi connectivity index (χ4v) is 17.1. The highest BCUT2D eigenvalue weighted by molar-refractivity contribution is 7.99. The predicted molar refractivity (Wildman–Crippen MR) is 280 cm³/mol. The Morgan fingerprint density at radius 1 is 0.375 bits per heavy atom. The van der Waals surface area contributed by atoms with E-state index in [2.05, 4.69) is 219 Å². The van der Waals surface area contributed by atoms with Gasteiger partial charge in [0.05, 0.1) is 22.7 Å². The molecule has 13 rings (SSSR count). The van der Waals surface area contributed by atoms with Crippen LogP contribution in [0, 0.1) is 13.8 Å². The average Bonchev–Trinajstić information content (AvgIpc) is 3.34. The Hall–Kier alpha value is -6.85. The van der Waals surface area contributed by atoms with Crippen molar-refractivity contribution >= 4 is 118 Å². The van der Waals surface area contributed by atoms with E-state index in [4.69, 9.17) is 0 Å². The predicted octanol–water partition coefficient (Wildman–Crippen LogP) is 16.5. The molecular formula is C60H46N2SSi. The zero-order valence-electron chi connectivity index (χ0n) is 36.5. The maximum Gasteiger partial charge on any atom is 0.123 e. The van der Waals surface area contributed by atoms with Crippen LogP contribution in [0.3, 0.4) is 0 Å². The van der Waals surface area contributed by atoms with E-state index in [1.807, 2.05) is 11.8 Å². The molecule has 4 heteroatoms. The number of hydrogen-bond acceptors (Lipinski definition) is 3. The van der Waals surface area contributed by atoms with Gasteiger partial charge >= 0.3 is 0 Å². The van der Waals surface area contributed by atoms with Crippen LogP contribution in [0.2, 0.25) is 12.1 Å². The summed E-state index contributed by atoms with van der Waals surface area (Å²) in [6.45, 7) is 9.47. The third kappa shape index (κ3) is 5.33. The molecule has 0 atom stereocenters. The van der Waals surface area contributed by atoms with Gasteiger partial charge in [0.1, 0.15) is 8.07 Å². The van der Waals surface area contributed by atoms with Crippen molar-refractivity contribution in [1.29, 1.82) is 0 Å². The highest BCUT2D eigenvalue weighted by Gasteiger charge is 2.44. The molecule has 0 fully saturated rings. The maximum absolute atomic E-state index is 2.60. The fraction of sp³-hybridized carbons (Fsp3) is 0.100. The Morgan fingerprint density at radius 3 is 1.75 bits per heavy atom. The lowest BCUT2D eigenvalue weighted by Crippen LogP contribution is -2.62. The number of rotatable bonds is 5. The fourth-order valence-electron chi connectivity index (χ4n) is 11.5. The summed E-state index contributed by atoms with van der Waals surface area (Å²) in [5.74, 6) is 0. The standard InChI is InChI=1S/C60H46N2SSi/c1-5-64(6-2)57-32-38(4)37(3)31-54(57)61(49-20-12-16-39-13-9-10-19-47(39)49)51-29-25-46(36-58(51)64)45-26-30-55-52(34-45)62(53-33-43-14-7-8-15-44(43)35-56(53)63-55)50-28-24-42-22-21-40-17-11-18-41-23-27-48(50)60(42)59(40)41/h7-36H,5-6H2,1-4H3. The van der Waals surface area contributed by atoms with Gasteiger partial charge in [-0.1, -0.05) is 171 Å². The lowest BCUT2D eigenvalue weighted by atomic mass is 9.93. The summed E-state index contributed by atoms with van der Waals surface area (Å²) >= 11 is 1.90. The van der Waals surface area contributed by atoms with Crippen molar-refractivity contribution < 1.29 is 0 Å². The summed E-state index contributed by atoms with van der Waals surface area (Å²) in [5, 5.41) is 16.0. The van der Waals surface area contributed by atoms with E-state index in [0.29, 0.717) is 0 Å². The third-order valence-corrected chi connectivity index (χ3v) is 21.3. The van der Waals surface area contributed by atoms with Gasteiger partial charge in [0.15, 0.2) is 0 Å². The van der Waals surface area contributed by atoms with Crippen molar-refractivity contribution in [1.82, 2.24) is 0 Å². The first kappa shape index (κ1) is 37.7. The number of nitrogens with zero attached hydrogens (tertiary/aromatic N) is 2. The minimum atomic E-state index is -2.22. The summed E-state index contributed by atoms with van der Waals surface area (Å²) in [5.41, 5.74) is 12.8. The van der Waals surface area contributed by atoms with E-state index in [-0.39, 0.29) is 0 Å². The molecule has 0 saturated carbocycles. The number of hydrogen-bond donors (Lipinski definition) is 0. The summed E-state index contributed by atoms with van der Waals surface area (Å²) in [7, 11) is -2.22. The van der Waals surface area contributed by atoms with Gasteiger partial charge in [0.2, 0.25) is 0 Å². The third-order valence-electron chi connectivity index (χ3n) is 14.9. The smallest absolute Gasteiger partial charge is 0.123 e. The van der Waals surface area contributed by atoms with Gasteiger partial charge < -0.3 is 9.80 Å². The van der Waals surface area contributed by atoms with Crippen LogP contribution in [0.4, 0.5) is 34.1 Å². The zero-order chi connectivity index (χ0) is 42.8. The summed E-state index contributed by atoms with van der Waals surface area (Å²) in [6.07, 6.45) is 0. The van der Waals surface area contributed by atoms with Crippen molar-refractivity contribution in [3.8, 4) is 11.1 Å². The first-order valence-corrected chi connectivity index (χ1v) is 26.0. The lowest BCUT2D eigenvalue weighted by molar-refractivity contribution is 1.18. The van der Waals surface area contributed by atoms with Gasteiger partial charge in [0.25, 0.3) is 0 Å². The van der Waals surface area contributed by atoms with Gasteiger partial charge in [-0.3, -0.25) is 0 Å². The van der Waals surface area contributed by atoms with E-state index in [0.717, 1.165) is 12.1 Å². The molecule has 2 aliphatic rings. The first-order chi connectivity index (χ1) is 31.4. The molecule has 11 aromatic carbocycles. The highest BCUT2D eigenvalue weighted by Crippen LogP contribution is 2.55. The Labute approximate surface area is 379 Å². The van der Waals surface area contributed by atoms with Crippen molar-refractivity contribution in [3.63, 3.8) is 0 Å². The Morgan fingerprint density at radius 2 is 0.938 bits per heavy atom. The zero-order valence-corrected chi connectivity index (χ0v) is 38.4. The van der Waals surface area contributed by atoms with Crippen molar-refractivity contribution in [3.05, 3.63) is 193 Å². The van der Waals surface area contributed by atoms with Gasteiger partial charge in [-0.2, -0.15) is 0 Å². The van der Waals surface area contributed by atoms with Crippen molar-refractivity contribution in [2.24, 2.45) is 0 Å². The number of aryl methyl sites for hydroxylation is 2. The summed E-state index contributed by atoms with van der Waals surface area (Å²) < 4.78 is 0. The molecule has 2 nitrogen and oxygen atoms in total. The molecule has 64 heavy (non-hydrogen) atoms. The minimum Gasteiger partial charge on any atom is -0.310 e. The first-order valence-electron chi connectivity index (χ1n) is 22.8. The molecule has 0 unspecified atom stereocenters. The van der Waals surface area contributed by atoms with Gasteiger partial charge in [-0.25, -0.2) is 0 Å². The highest BCUT2D eigenvalue weighted by atomic mass is 32.2. The maximum atomic E-state index is 2.60. The minimum absolute atomic E-state index is 1.15. The van der Waals surface area contributed by atoms with Crippen LogP contribution >= 0.6 is 11.8 Å². The molecule has 0 aliphatic carbocycles. The van der Waals surface area contributed by atoms with Gasteiger partial charge in [-0.05, 0) is 138 Å². The van der Waals surface area contributed by atoms with Crippen molar-refractivity contribution in [2.45, 2.75) is 49.6 Å². The van der Waals surface area contributed by atoms with Crippen LogP contribution in [0.15, 0.2) is 192 Å². The van der Waals surface area contributed by atoms with Crippen LogP contribution in [-0.4, -0.2) is 8.07 Å². The molecule has 2 aliphatic heterocycles. The molecule has 0 aromatic heterocycles. The molecule has 0 amide bonds. The van der Waals surface area contributed by atoms with E-state index in [9.17, 15) is 0 Å². The molecule has 11 aromatic rings. The molecule has 0 radical (unpaired) electrons. The number of fused-ring (bicyclic) bond motifs is 6. The molecule has 0 saturated heterocycles. The second-order valence-electron chi connectivity index (χ2n) is 18.0. The molecule has 2 heterocycles. The molecule has 0 bridgehead atoms. The summed E-state index contributed by atoms with van der Waals surface area (Å²) in [4.78, 5) is 7.71. The van der Waals surface area contributed by atoms with E-state index in [1.165, 1.54) is 125 Å². The van der Waals surface area contributed by atoms with E-state index in [1.54, 1.807) is 5.19 Å². The topological polar surface area (TPSA) is 6.48 Å². The van der Waals surface area contributed by atoms with Crippen LogP contribution in [-0.2, 0) is 0 Å². The van der Waals surface area contributed by atoms with Crippen LogP contribution in [0.5, 0.6) is 0 Å². The SMILES string of the molecule is CC[Si]1(CC)c2cc(-c3ccc4c(c3)N(c3ccc5ccc6cccc7ccc3c5c67)c3cc5ccccc5cc3S4)ccc2N(c2cccc3ccccc23)c2cc(C)c(C)cc21. The second kappa shape index (κ2) is 14.1. The monoisotopic (exact) mass is 854 g/mol. The second-order valence-corrected chi connectivity index (χ2v) is 23.8. The van der Waals surface area contributed by atoms with Gasteiger partial charge in [-0.15, -0.1) is 0 Å². The largest absolute Gasteiger partial charge is 0.310 e. The molecular weight excluding hydrogens is 809 g/mol.